The Morgan fingerprint density at radius 3 is 2.61 bits per heavy atom. The Labute approximate surface area is 107 Å². The molecule has 0 saturated carbocycles. The van der Waals surface area contributed by atoms with Gasteiger partial charge in [-0.3, -0.25) is 4.79 Å². The zero-order valence-corrected chi connectivity index (χ0v) is 10.4. The molecule has 0 bridgehead atoms. The van der Waals surface area contributed by atoms with Gasteiger partial charge in [0.1, 0.15) is 0 Å². The van der Waals surface area contributed by atoms with E-state index in [4.69, 9.17) is 5.73 Å². The third-order valence-corrected chi connectivity index (χ3v) is 3.00. The number of hydrogen-bond acceptors (Lipinski definition) is 5. The molecule has 98 valence electrons. The fraction of sp³-hybridized carbons (Fsp3) is 0.583. The standard InChI is InChI=1S/C12H19N5O/c13-10-8-15-12(16-9-10)14-5-4-11(18)17-6-2-1-3-7-17/h8-9H,1-7,13H2,(H,14,15,16). The summed E-state index contributed by atoms with van der Waals surface area (Å²) >= 11 is 0. The molecule has 6 heteroatoms. The van der Waals surface area contributed by atoms with Crippen LogP contribution in [0.15, 0.2) is 12.4 Å². The predicted octanol–water partition coefficient (Wildman–Crippen LogP) is 0.873. The van der Waals surface area contributed by atoms with Crippen molar-refractivity contribution in [2.45, 2.75) is 25.7 Å². The van der Waals surface area contributed by atoms with Crippen molar-refractivity contribution in [3.05, 3.63) is 12.4 Å². The molecule has 0 atom stereocenters. The number of rotatable bonds is 4. The van der Waals surface area contributed by atoms with Gasteiger partial charge in [-0.2, -0.15) is 0 Å². The highest BCUT2D eigenvalue weighted by Crippen LogP contribution is 2.10. The number of nitrogens with one attached hydrogen (secondary N) is 1. The second-order valence-corrected chi connectivity index (χ2v) is 4.46. The second-order valence-electron chi connectivity index (χ2n) is 4.46. The first-order valence-electron chi connectivity index (χ1n) is 6.35. The Balaban J connectivity index is 1.71. The van der Waals surface area contributed by atoms with Crippen LogP contribution in [-0.2, 0) is 4.79 Å². The third kappa shape index (κ3) is 3.58. The van der Waals surface area contributed by atoms with Crippen molar-refractivity contribution >= 4 is 17.5 Å². The van der Waals surface area contributed by atoms with E-state index < -0.39 is 0 Å². The molecule has 1 aromatic rings. The summed E-state index contributed by atoms with van der Waals surface area (Å²) in [4.78, 5) is 21.8. The minimum Gasteiger partial charge on any atom is -0.396 e. The molecule has 0 aromatic carbocycles. The smallest absolute Gasteiger partial charge is 0.224 e. The number of carbonyl (C=O) groups excluding carboxylic acids is 1. The Hall–Kier alpha value is -1.85. The van der Waals surface area contributed by atoms with Gasteiger partial charge in [0, 0.05) is 26.1 Å². The average molecular weight is 249 g/mol. The first-order chi connectivity index (χ1) is 8.75. The fourth-order valence-electron chi connectivity index (χ4n) is 2.01. The lowest BCUT2D eigenvalue weighted by atomic mass is 10.1. The van der Waals surface area contributed by atoms with Gasteiger partial charge >= 0.3 is 0 Å². The maximum Gasteiger partial charge on any atom is 0.224 e. The molecule has 1 saturated heterocycles. The molecular weight excluding hydrogens is 230 g/mol. The maximum atomic E-state index is 11.9. The van der Waals surface area contributed by atoms with E-state index in [9.17, 15) is 4.79 Å². The van der Waals surface area contributed by atoms with Gasteiger partial charge in [-0.1, -0.05) is 0 Å². The molecule has 0 spiro atoms. The van der Waals surface area contributed by atoms with E-state index in [1.807, 2.05) is 4.90 Å². The number of nitrogens with zero attached hydrogens (tertiary/aromatic N) is 3. The van der Waals surface area contributed by atoms with Gasteiger partial charge in [0.05, 0.1) is 18.1 Å². The van der Waals surface area contributed by atoms with Crippen LogP contribution >= 0.6 is 0 Å². The van der Waals surface area contributed by atoms with E-state index in [2.05, 4.69) is 15.3 Å². The summed E-state index contributed by atoms with van der Waals surface area (Å²) in [7, 11) is 0. The van der Waals surface area contributed by atoms with Gasteiger partial charge in [0.25, 0.3) is 0 Å². The SMILES string of the molecule is Nc1cnc(NCCC(=O)N2CCCCC2)nc1. The number of likely N-dealkylation sites (tertiary alicyclic amines) is 1. The van der Waals surface area contributed by atoms with Gasteiger partial charge < -0.3 is 16.0 Å². The van der Waals surface area contributed by atoms with Gasteiger partial charge in [-0.05, 0) is 19.3 Å². The van der Waals surface area contributed by atoms with Crippen molar-refractivity contribution in [3.8, 4) is 0 Å². The Morgan fingerprint density at radius 1 is 1.28 bits per heavy atom. The lowest BCUT2D eigenvalue weighted by Gasteiger charge is -2.26. The highest BCUT2D eigenvalue weighted by Gasteiger charge is 2.15. The van der Waals surface area contributed by atoms with Crippen molar-refractivity contribution in [2.24, 2.45) is 0 Å². The van der Waals surface area contributed by atoms with Crippen LogP contribution in [0, 0.1) is 0 Å². The number of anilines is 2. The molecular formula is C12H19N5O. The quantitative estimate of drug-likeness (QED) is 0.827. The molecule has 1 aliphatic rings. The van der Waals surface area contributed by atoms with E-state index >= 15 is 0 Å². The van der Waals surface area contributed by atoms with Crippen molar-refractivity contribution in [1.29, 1.82) is 0 Å². The molecule has 2 rings (SSSR count). The van der Waals surface area contributed by atoms with Crippen LogP contribution in [0.25, 0.3) is 0 Å². The van der Waals surface area contributed by atoms with Crippen molar-refractivity contribution in [1.82, 2.24) is 14.9 Å². The van der Waals surface area contributed by atoms with E-state index in [1.54, 1.807) is 12.4 Å². The molecule has 0 radical (unpaired) electrons. The van der Waals surface area contributed by atoms with Crippen LogP contribution < -0.4 is 11.1 Å². The largest absolute Gasteiger partial charge is 0.396 e. The Kier molecular flexibility index (Phi) is 4.33. The molecule has 1 aromatic heterocycles. The lowest BCUT2D eigenvalue weighted by Crippen LogP contribution is -2.36. The van der Waals surface area contributed by atoms with Crippen LogP contribution in [0.5, 0.6) is 0 Å². The van der Waals surface area contributed by atoms with Gasteiger partial charge in [0.2, 0.25) is 11.9 Å². The number of aromatic nitrogens is 2. The molecule has 0 aliphatic carbocycles. The minimum atomic E-state index is 0.206. The highest BCUT2D eigenvalue weighted by molar-refractivity contribution is 5.76. The lowest BCUT2D eigenvalue weighted by molar-refractivity contribution is -0.131. The van der Waals surface area contributed by atoms with Crippen LogP contribution in [0.4, 0.5) is 11.6 Å². The number of amides is 1. The third-order valence-electron chi connectivity index (χ3n) is 3.00. The molecule has 0 unspecified atom stereocenters. The number of nitrogens with two attached hydrogens (primary N) is 1. The Bertz CT molecular complexity index is 386. The van der Waals surface area contributed by atoms with Crippen molar-refractivity contribution in [3.63, 3.8) is 0 Å². The van der Waals surface area contributed by atoms with Crippen LogP contribution in [0.3, 0.4) is 0 Å². The van der Waals surface area contributed by atoms with Gasteiger partial charge in [0.15, 0.2) is 0 Å². The topological polar surface area (TPSA) is 84.1 Å². The van der Waals surface area contributed by atoms with Crippen LogP contribution in [-0.4, -0.2) is 40.4 Å². The van der Waals surface area contributed by atoms with Crippen LogP contribution in [0.2, 0.25) is 0 Å². The zero-order chi connectivity index (χ0) is 12.8. The first-order valence-corrected chi connectivity index (χ1v) is 6.35. The molecule has 6 nitrogen and oxygen atoms in total. The summed E-state index contributed by atoms with van der Waals surface area (Å²) in [6, 6.07) is 0. The van der Waals surface area contributed by atoms with Gasteiger partial charge in [-0.25, -0.2) is 9.97 Å². The molecule has 1 amide bonds. The molecule has 2 heterocycles. The van der Waals surface area contributed by atoms with Gasteiger partial charge in [-0.15, -0.1) is 0 Å². The molecule has 18 heavy (non-hydrogen) atoms. The van der Waals surface area contributed by atoms with E-state index in [0.717, 1.165) is 25.9 Å². The summed E-state index contributed by atoms with van der Waals surface area (Å²) in [5.41, 5.74) is 6.02. The van der Waals surface area contributed by atoms with Crippen molar-refractivity contribution in [2.75, 3.05) is 30.7 Å². The molecule has 1 fully saturated rings. The predicted molar refractivity (Wildman–Crippen MR) is 70.0 cm³/mol. The number of hydrogen-bond donors (Lipinski definition) is 2. The number of carbonyl (C=O) groups is 1. The molecule has 3 N–H and O–H groups in total. The average Bonchev–Trinajstić information content (AvgIpc) is 2.42. The highest BCUT2D eigenvalue weighted by atomic mass is 16.2. The summed E-state index contributed by atoms with van der Waals surface area (Å²) in [5.74, 6) is 0.716. The minimum absolute atomic E-state index is 0.206. The normalized spacial score (nSPS) is 15.4. The van der Waals surface area contributed by atoms with E-state index in [-0.39, 0.29) is 5.91 Å². The summed E-state index contributed by atoms with van der Waals surface area (Å²) in [5, 5.41) is 3.02. The molecule has 1 aliphatic heterocycles. The summed E-state index contributed by atoms with van der Waals surface area (Å²) < 4.78 is 0. The number of nitrogen functional groups attached to an aromatic ring is 1. The second kappa shape index (κ2) is 6.18. The van der Waals surface area contributed by atoms with E-state index in [0.29, 0.717) is 24.6 Å². The van der Waals surface area contributed by atoms with Crippen molar-refractivity contribution < 1.29 is 4.79 Å². The Morgan fingerprint density at radius 2 is 1.94 bits per heavy atom. The van der Waals surface area contributed by atoms with E-state index in [1.165, 1.54) is 6.42 Å². The summed E-state index contributed by atoms with van der Waals surface area (Å²) in [6.45, 7) is 2.35. The maximum absolute atomic E-state index is 11.9. The summed E-state index contributed by atoms with van der Waals surface area (Å²) in [6.07, 6.45) is 7.05. The fourth-order valence-corrected chi connectivity index (χ4v) is 2.01. The number of piperidine rings is 1. The monoisotopic (exact) mass is 249 g/mol. The zero-order valence-electron chi connectivity index (χ0n) is 10.4. The van der Waals surface area contributed by atoms with Crippen LogP contribution in [0.1, 0.15) is 25.7 Å². The first kappa shape index (κ1) is 12.6.